The van der Waals surface area contributed by atoms with Gasteiger partial charge >= 0.3 is 5.97 Å². The van der Waals surface area contributed by atoms with E-state index in [0.717, 1.165) is 18.2 Å². The van der Waals surface area contributed by atoms with Gasteiger partial charge in [0.15, 0.2) is 0 Å². The molecule has 0 saturated carbocycles. The average molecular weight is 324 g/mol. The summed E-state index contributed by atoms with van der Waals surface area (Å²) in [5, 5.41) is 9.04. The molecule has 4 nitrogen and oxygen atoms in total. The van der Waals surface area contributed by atoms with E-state index in [-0.39, 0.29) is 0 Å². The first-order chi connectivity index (χ1) is 10.1. The molecular weight excluding hydrogens is 310 g/mol. The Bertz CT molecular complexity index is 667. The molecule has 0 spiro atoms. The molecule has 0 amide bonds. The molecule has 2 rings (SSSR count). The van der Waals surface area contributed by atoms with Gasteiger partial charge in [-0.05, 0) is 30.7 Å². The largest absolute Gasteiger partial charge is 0.492 e. The number of hydrogen-bond donors (Lipinski definition) is 1. The van der Waals surface area contributed by atoms with E-state index in [1.165, 1.54) is 11.0 Å². The van der Waals surface area contributed by atoms with Crippen molar-refractivity contribution in [2.75, 3.05) is 6.61 Å². The normalized spacial score (nSPS) is 11.0. The van der Waals surface area contributed by atoms with Crippen molar-refractivity contribution in [1.82, 2.24) is 4.98 Å². The lowest BCUT2D eigenvalue weighted by Crippen LogP contribution is -2.01. The molecule has 0 atom stereocenters. The van der Waals surface area contributed by atoms with Crippen LogP contribution in [0, 0.1) is 6.92 Å². The Kier molecular flexibility index (Phi) is 5.36. The van der Waals surface area contributed by atoms with Gasteiger partial charge in [0, 0.05) is 17.4 Å². The highest BCUT2D eigenvalue weighted by atomic mass is 35.5. The Morgan fingerprint density at radius 3 is 2.95 bits per heavy atom. The maximum atomic E-state index is 10.5. The number of aliphatic carboxylic acids is 1. The minimum atomic E-state index is -0.994. The van der Waals surface area contributed by atoms with Crippen molar-refractivity contribution in [2.24, 2.45) is 0 Å². The van der Waals surface area contributed by atoms with Crippen LogP contribution in [0.5, 0.6) is 5.75 Å². The molecule has 0 aliphatic rings. The second-order valence-electron chi connectivity index (χ2n) is 4.32. The molecule has 1 aromatic carbocycles. The average Bonchev–Trinajstić information content (AvgIpc) is 2.84. The van der Waals surface area contributed by atoms with E-state index < -0.39 is 5.97 Å². The van der Waals surface area contributed by atoms with Crippen LogP contribution in [-0.2, 0) is 11.2 Å². The van der Waals surface area contributed by atoms with Gasteiger partial charge < -0.3 is 9.84 Å². The van der Waals surface area contributed by atoms with Gasteiger partial charge in [0.25, 0.3) is 0 Å². The van der Waals surface area contributed by atoms with Crippen LogP contribution >= 0.6 is 22.9 Å². The van der Waals surface area contributed by atoms with E-state index in [9.17, 15) is 4.79 Å². The first-order valence-electron chi connectivity index (χ1n) is 6.28. The fourth-order valence-corrected chi connectivity index (χ4v) is 2.73. The molecule has 0 unspecified atom stereocenters. The minimum absolute atomic E-state index is 0.462. The Balaban J connectivity index is 1.95. The number of thiazole rings is 1. The number of ether oxygens (including phenoxy) is 1. The standard InChI is InChI=1S/C15H14ClNO3S/c1-10-14(21-9-17-10)6-7-20-13-4-2-11(8-12(13)16)3-5-15(18)19/h2-5,8-9H,6-7H2,1H3,(H,18,19). The minimum Gasteiger partial charge on any atom is -0.492 e. The number of hydrogen-bond acceptors (Lipinski definition) is 4. The van der Waals surface area contributed by atoms with E-state index in [2.05, 4.69) is 4.98 Å². The zero-order valence-corrected chi connectivity index (χ0v) is 12.9. The zero-order valence-electron chi connectivity index (χ0n) is 11.4. The molecule has 1 heterocycles. The van der Waals surface area contributed by atoms with Crippen molar-refractivity contribution >= 4 is 35.0 Å². The van der Waals surface area contributed by atoms with E-state index in [0.29, 0.717) is 22.9 Å². The number of carboxylic acid groups (broad SMARTS) is 1. The summed E-state index contributed by atoms with van der Waals surface area (Å²) in [7, 11) is 0. The number of carboxylic acids is 1. The monoisotopic (exact) mass is 323 g/mol. The number of benzene rings is 1. The third kappa shape index (κ3) is 4.58. The third-order valence-electron chi connectivity index (χ3n) is 2.81. The van der Waals surface area contributed by atoms with E-state index in [1.807, 2.05) is 12.4 Å². The van der Waals surface area contributed by atoms with Gasteiger partial charge in [0.05, 0.1) is 22.8 Å². The van der Waals surface area contributed by atoms with Crippen LogP contribution in [0.3, 0.4) is 0 Å². The SMILES string of the molecule is Cc1ncsc1CCOc1ccc(C=CC(=O)O)cc1Cl. The molecule has 2 aromatic rings. The van der Waals surface area contributed by atoms with Gasteiger partial charge in [0.2, 0.25) is 0 Å². The fraction of sp³-hybridized carbons (Fsp3) is 0.200. The lowest BCUT2D eigenvalue weighted by molar-refractivity contribution is -0.131. The molecule has 0 aliphatic heterocycles. The Morgan fingerprint density at radius 1 is 1.52 bits per heavy atom. The lowest BCUT2D eigenvalue weighted by Gasteiger charge is -2.08. The molecule has 110 valence electrons. The van der Waals surface area contributed by atoms with Gasteiger partial charge in [0.1, 0.15) is 5.75 Å². The van der Waals surface area contributed by atoms with Crippen LogP contribution in [0.2, 0.25) is 5.02 Å². The lowest BCUT2D eigenvalue weighted by atomic mass is 10.2. The number of aromatic nitrogens is 1. The van der Waals surface area contributed by atoms with Crippen molar-refractivity contribution in [3.05, 3.63) is 50.9 Å². The second kappa shape index (κ2) is 7.24. The highest BCUT2D eigenvalue weighted by molar-refractivity contribution is 7.09. The maximum Gasteiger partial charge on any atom is 0.328 e. The fourth-order valence-electron chi connectivity index (χ4n) is 1.73. The number of halogens is 1. The molecule has 0 aliphatic carbocycles. The van der Waals surface area contributed by atoms with Crippen molar-refractivity contribution in [2.45, 2.75) is 13.3 Å². The van der Waals surface area contributed by atoms with Crippen LogP contribution in [0.1, 0.15) is 16.1 Å². The molecule has 0 radical (unpaired) electrons. The van der Waals surface area contributed by atoms with Gasteiger partial charge in [-0.1, -0.05) is 17.7 Å². The summed E-state index contributed by atoms with van der Waals surface area (Å²) in [4.78, 5) is 15.8. The number of nitrogens with zero attached hydrogens (tertiary/aromatic N) is 1. The molecule has 1 N–H and O–H groups in total. The summed E-state index contributed by atoms with van der Waals surface area (Å²) in [5.74, 6) is -0.405. The van der Waals surface area contributed by atoms with Gasteiger partial charge in [-0.2, -0.15) is 0 Å². The van der Waals surface area contributed by atoms with Gasteiger partial charge in [-0.25, -0.2) is 9.78 Å². The molecule has 0 fully saturated rings. The van der Waals surface area contributed by atoms with E-state index >= 15 is 0 Å². The summed E-state index contributed by atoms with van der Waals surface area (Å²) < 4.78 is 5.65. The number of rotatable bonds is 6. The summed E-state index contributed by atoms with van der Waals surface area (Å²) >= 11 is 7.73. The maximum absolute atomic E-state index is 10.5. The Labute approximate surface area is 131 Å². The smallest absolute Gasteiger partial charge is 0.328 e. The van der Waals surface area contributed by atoms with Crippen molar-refractivity contribution in [3.63, 3.8) is 0 Å². The Morgan fingerprint density at radius 2 is 2.33 bits per heavy atom. The van der Waals surface area contributed by atoms with Crippen molar-refractivity contribution in [1.29, 1.82) is 0 Å². The second-order valence-corrected chi connectivity index (χ2v) is 5.67. The van der Waals surface area contributed by atoms with Crippen molar-refractivity contribution in [3.8, 4) is 5.75 Å². The zero-order chi connectivity index (χ0) is 15.2. The van der Waals surface area contributed by atoms with Crippen molar-refractivity contribution < 1.29 is 14.6 Å². The number of aryl methyl sites for hydroxylation is 1. The highest BCUT2D eigenvalue weighted by Gasteiger charge is 2.05. The molecule has 0 saturated heterocycles. The highest BCUT2D eigenvalue weighted by Crippen LogP contribution is 2.26. The molecule has 6 heteroatoms. The molecule has 21 heavy (non-hydrogen) atoms. The quantitative estimate of drug-likeness (QED) is 0.821. The van der Waals surface area contributed by atoms with Gasteiger partial charge in [-0.15, -0.1) is 11.3 Å². The van der Waals surface area contributed by atoms with Crippen LogP contribution in [-0.4, -0.2) is 22.7 Å². The topological polar surface area (TPSA) is 59.4 Å². The van der Waals surface area contributed by atoms with E-state index in [4.69, 9.17) is 21.4 Å². The van der Waals surface area contributed by atoms with Crippen LogP contribution < -0.4 is 4.74 Å². The summed E-state index contributed by atoms with van der Waals surface area (Å²) in [6, 6.07) is 5.18. The first-order valence-corrected chi connectivity index (χ1v) is 7.54. The van der Waals surface area contributed by atoms with Crippen LogP contribution in [0.4, 0.5) is 0 Å². The van der Waals surface area contributed by atoms with Crippen LogP contribution in [0.25, 0.3) is 6.08 Å². The predicted molar refractivity (Wildman–Crippen MR) is 84.2 cm³/mol. The first kappa shape index (κ1) is 15.5. The van der Waals surface area contributed by atoms with Gasteiger partial charge in [-0.3, -0.25) is 0 Å². The Hall–Kier alpha value is -1.85. The van der Waals surface area contributed by atoms with E-state index in [1.54, 1.807) is 29.5 Å². The summed E-state index contributed by atoms with van der Waals surface area (Å²) in [6.07, 6.45) is 3.34. The molecule has 1 aromatic heterocycles. The molecule has 0 bridgehead atoms. The predicted octanol–water partition coefficient (Wildman–Crippen LogP) is 3.82. The number of carbonyl (C=O) groups is 1. The molecular formula is C15H14ClNO3S. The third-order valence-corrected chi connectivity index (χ3v) is 4.10. The summed E-state index contributed by atoms with van der Waals surface area (Å²) in [5.41, 5.74) is 3.57. The summed E-state index contributed by atoms with van der Waals surface area (Å²) in [6.45, 7) is 2.50. The van der Waals surface area contributed by atoms with Crippen LogP contribution in [0.15, 0.2) is 29.8 Å².